The third kappa shape index (κ3) is 26.5. The Morgan fingerprint density at radius 2 is 0.973 bits per heavy atom. The van der Waals surface area contributed by atoms with E-state index in [0.29, 0.717) is 12.3 Å². The Bertz CT molecular complexity index is 1810. The molecule has 0 saturated carbocycles. The van der Waals surface area contributed by atoms with E-state index < -0.39 is 132 Å². The van der Waals surface area contributed by atoms with E-state index in [1.54, 1.807) is 41.5 Å². The van der Waals surface area contributed by atoms with Crippen molar-refractivity contribution >= 4 is 59.3 Å². The molecular formula is C53H93N7O13. The van der Waals surface area contributed by atoms with Gasteiger partial charge in [-0.25, -0.2) is 4.79 Å². The van der Waals surface area contributed by atoms with Gasteiger partial charge < -0.3 is 51.8 Å². The molecule has 418 valence electrons. The summed E-state index contributed by atoms with van der Waals surface area (Å²) in [5.74, 6) is -9.73. The number of nitrogens with one attached hydrogen (secondary N) is 7. The Hall–Kier alpha value is -5.30. The zero-order chi connectivity index (χ0) is 55.5. The Morgan fingerprint density at radius 1 is 0.548 bits per heavy atom. The first-order valence-corrected chi connectivity index (χ1v) is 26.8. The summed E-state index contributed by atoms with van der Waals surface area (Å²) in [7, 11) is 1.18. The summed E-state index contributed by atoms with van der Waals surface area (Å²) in [5.41, 5.74) is 0. The van der Waals surface area contributed by atoms with E-state index >= 15 is 0 Å². The molecule has 0 spiro atoms. The topological polar surface area (TPSA) is 294 Å². The van der Waals surface area contributed by atoms with Crippen molar-refractivity contribution in [1.82, 2.24) is 37.2 Å². The molecular weight excluding hydrogens is 943 g/mol. The number of hydrogen-bond acceptors (Lipinski definition) is 12. The minimum Gasteiger partial charge on any atom is -0.481 e. The maximum atomic E-state index is 14.2. The van der Waals surface area contributed by atoms with Crippen molar-refractivity contribution < 1.29 is 62.5 Å². The quantitative estimate of drug-likeness (QED) is 0.0508. The predicted octanol–water partition coefficient (Wildman–Crippen LogP) is 4.74. The Kier molecular flexibility index (Phi) is 30.8. The molecule has 1 heterocycles. The second-order valence-corrected chi connectivity index (χ2v) is 21.9. The van der Waals surface area contributed by atoms with E-state index in [9.17, 15) is 53.1 Å². The average molecular weight is 1040 g/mol. The normalized spacial score (nSPS) is 24.4. The van der Waals surface area contributed by atoms with Crippen LogP contribution in [0.2, 0.25) is 0 Å². The molecule has 9 unspecified atom stereocenters. The van der Waals surface area contributed by atoms with Crippen LogP contribution in [0.1, 0.15) is 186 Å². The number of methoxy groups -OCH3 is 1. The summed E-state index contributed by atoms with van der Waals surface area (Å²) in [6.45, 7) is 21.9. The third-order valence-electron chi connectivity index (χ3n) is 12.9. The van der Waals surface area contributed by atoms with Crippen LogP contribution in [0.15, 0.2) is 0 Å². The molecule has 8 N–H and O–H groups in total. The maximum absolute atomic E-state index is 14.2. The average Bonchev–Trinajstić information content (AvgIpc) is 3.29. The van der Waals surface area contributed by atoms with Gasteiger partial charge >= 0.3 is 17.9 Å². The van der Waals surface area contributed by atoms with Crippen LogP contribution in [0.25, 0.3) is 0 Å². The van der Waals surface area contributed by atoms with Gasteiger partial charge in [0.05, 0.1) is 20.0 Å². The van der Waals surface area contributed by atoms with Crippen LogP contribution in [0.5, 0.6) is 0 Å². The lowest BCUT2D eigenvalue weighted by Gasteiger charge is -2.30. The van der Waals surface area contributed by atoms with Gasteiger partial charge in [0.1, 0.15) is 48.4 Å². The molecule has 1 fully saturated rings. The Labute approximate surface area is 434 Å². The lowest BCUT2D eigenvalue weighted by atomic mass is 9.98. The van der Waals surface area contributed by atoms with Gasteiger partial charge in [-0.05, 0) is 74.0 Å². The smallest absolute Gasteiger partial charge is 0.329 e. The van der Waals surface area contributed by atoms with E-state index in [0.717, 1.165) is 44.9 Å². The first-order chi connectivity index (χ1) is 34.2. The molecule has 0 aromatic carbocycles. The number of rotatable bonds is 23. The molecule has 20 nitrogen and oxygen atoms in total. The highest BCUT2D eigenvalue weighted by molar-refractivity contribution is 5.98. The van der Waals surface area contributed by atoms with Gasteiger partial charge in [-0.3, -0.25) is 43.2 Å². The Balaban J connectivity index is 3.95. The first kappa shape index (κ1) is 65.7. The van der Waals surface area contributed by atoms with Gasteiger partial charge in [-0.1, -0.05) is 128 Å². The van der Waals surface area contributed by atoms with E-state index in [-0.39, 0.29) is 56.3 Å². The van der Waals surface area contributed by atoms with Crippen LogP contribution < -0.4 is 37.2 Å². The summed E-state index contributed by atoms with van der Waals surface area (Å²) in [5, 5.41) is 28.4. The molecule has 9 atom stereocenters. The van der Waals surface area contributed by atoms with Crippen molar-refractivity contribution in [2.75, 3.05) is 7.11 Å². The molecule has 73 heavy (non-hydrogen) atoms. The zero-order valence-corrected chi connectivity index (χ0v) is 46.2. The maximum Gasteiger partial charge on any atom is 0.329 e. The molecule has 7 amide bonds. The molecule has 20 heteroatoms. The fourth-order valence-electron chi connectivity index (χ4n) is 8.42. The number of amides is 7. The van der Waals surface area contributed by atoms with Crippen molar-refractivity contribution in [2.24, 2.45) is 35.5 Å². The number of carboxylic acids is 1. The largest absolute Gasteiger partial charge is 0.481 e. The number of carbonyl (C=O) groups is 10. The second-order valence-electron chi connectivity index (χ2n) is 21.9. The summed E-state index contributed by atoms with van der Waals surface area (Å²) >= 11 is 0. The minimum absolute atomic E-state index is 0.0436. The number of carboxylic acid groups (broad SMARTS) is 1. The fourth-order valence-corrected chi connectivity index (χ4v) is 8.42. The highest BCUT2D eigenvalue weighted by Crippen LogP contribution is 2.19. The van der Waals surface area contributed by atoms with Crippen LogP contribution in [0, 0.1) is 35.5 Å². The lowest BCUT2D eigenvalue weighted by molar-refractivity contribution is -0.156. The number of hydrogen-bond donors (Lipinski definition) is 8. The molecule has 0 bridgehead atoms. The Morgan fingerprint density at radius 3 is 1.42 bits per heavy atom. The van der Waals surface area contributed by atoms with E-state index in [1.165, 1.54) is 7.11 Å². The monoisotopic (exact) mass is 1040 g/mol. The van der Waals surface area contributed by atoms with Gasteiger partial charge in [-0.15, -0.1) is 0 Å². The SMILES string of the molecule is CCC(C)CCCCCCCCC1CC(=O)NC(CCC(=O)OC)C(=O)NC(CC(C)C)C(=O)NC(CC(C)C)C(=O)NC(C(C)C)C(=O)NC(CC(=O)O)C(=O)NC(CC(C)C)C(=O)NC(C(C)C)C(=O)O1. The van der Waals surface area contributed by atoms with Crippen LogP contribution in [0.3, 0.4) is 0 Å². The first-order valence-electron chi connectivity index (χ1n) is 26.8. The number of ether oxygens (including phenoxy) is 2. The van der Waals surface area contributed by atoms with Crippen molar-refractivity contribution in [1.29, 1.82) is 0 Å². The lowest BCUT2D eigenvalue weighted by Crippen LogP contribution is -2.61. The van der Waals surface area contributed by atoms with Gasteiger partial charge in [0.25, 0.3) is 0 Å². The highest BCUT2D eigenvalue weighted by Gasteiger charge is 2.38. The molecule has 1 aliphatic rings. The highest BCUT2D eigenvalue weighted by atomic mass is 16.5. The summed E-state index contributed by atoms with van der Waals surface area (Å²) in [6, 6.07) is -9.51. The van der Waals surface area contributed by atoms with E-state index in [1.807, 2.05) is 27.7 Å². The number of unbranched alkanes of at least 4 members (excludes halogenated alkanes) is 5. The van der Waals surface area contributed by atoms with E-state index in [2.05, 4.69) is 51.1 Å². The zero-order valence-electron chi connectivity index (χ0n) is 46.2. The van der Waals surface area contributed by atoms with Gasteiger partial charge in [0.2, 0.25) is 41.4 Å². The van der Waals surface area contributed by atoms with Crippen molar-refractivity contribution in [3.05, 3.63) is 0 Å². The molecule has 0 aromatic heterocycles. The third-order valence-corrected chi connectivity index (χ3v) is 12.9. The minimum atomic E-state index is -1.72. The van der Waals surface area contributed by atoms with Gasteiger partial charge in [-0.2, -0.15) is 0 Å². The number of aliphatic carboxylic acids is 1. The van der Waals surface area contributed by atoms with Crippen LogP contribution in [-0.2, 0) is 57.4 Å². The van der Waals surface area contributed by atoms with Crippen molar-refractivity contribution in [2.45, 2.75) is 234 Å². The molecule has 1 saturated heterocycles. The molecule has 1 aliphatic heterocycles. The van der Waals surface area contributed by atoms with Crippen molar-refractivity contribution in [3.63, 3.8) is 0 Å². The number of carbonyl (C=O) groups excluding carboxylic acids is 9. The van der Waals surface area contributed by atoms with E-state index in [4.69, 9.17) is 9.47 Å². The number of esters is 2. The molecule has 0 aliphatic carbocycles. The summed E-state index contributed by atoms with van der Waals surface area (Å²) in [6.07, 6.45) is 5.45. The summed E-state index contributed by atoms with van der Waals surface area (Å²) < 4.78 is 10.9. The number of cyclic esters (lactones) is 1. The molecule has 0 aromatic rings. The van der Waals surface area contributed by atoms with Crippen LogP contribution in [0.4, 0.5) is 0 Å². The van der Waals surface area contributed by atoms with Crippen LogP contribution in [-0.4, -0.2) is 120 Å². The van der Waals surface area contributed by atoms with Crippen molar-refractivity contribution in [3.8, 4) is 0 Å². The molecule has 0 radical (unpaired) electrons. The molecule has 1 rings (SSSR count). The summed E-state index contributed by atoms with van der Waals surface area (Å²) in [4.78, 5) is 137. The fraction of sp³-hybridized carbons (Fsp3) is 0.811. The van der Waals surface area contributed by atoms with Gasteiger partial charge in [0.15, 0.2) is 0 Å². The predicted molar refractivity (Wildman–Crippen MR) is 276 cm³/mol. The second kappa shape index (κ2) is 34.2. The van der Waals surface area contributed by atoms with Gasteiger partial charge in [0, 0.05) is 6.42 Å². The van der Waals surface area contributed by atoms with Crippen LogP contribution >= 0.6 is 0 Å². The standard InChI is InChI=1S/C53H93N7O13/c1-14-35(12)21-19-17-15-16-18-20-22-36-28-42(61)54-37(23-24-44(64)72-13)47(65)55-38(25-30(2)3)48(66)56-39(26-31(4)5)50(68)59-45(33(8)9)52(70)58-41(29-43(62)63)49(67)57-40(27-32(6)7)51(69)60-46(34(10)11)53(71)73-36/h30-41,45-46H,14-29H2,1-13H3,(H,54,61)(H,55,65)(H,56,66)(H,57,67)(H,58,70)(H,59,68)(H,60,69)(H,62,63).